The Morgan fingerprint density at radius 3 is 2.72 bits per heavy atom. The van der Waals surface area contributed by atoms with Gasteiger partial charge in [-0.25, -0.2) is 4.98 Å². The molecule has 0 bridgehead atoms. The first-order chi connectivity index (χ1) is 17.5. The van der Waals surface area contributed by atoms with Gasteiger partial charge < -0.3 is 14.8 Å². The average Bonchev–Trinajstić information content (AvgIpc) is 3.51. The van der Waals surface area contributed by atoms with Gasteiger partial charge in [0.15, 0.2) is 22.2 Å². The summed E-state index contributed by atoms with van der Waals surface area (Å²) in [5.74, 6) is 1.20. The molecule has 1 N–H and O–H groups in total. The van der Waals surface area contributed by atoms with E-state index in [0.29, 0.717) is 23.5 Å². The highest BCUT2D eigenvalue weighted by Gasteiger charge is 2.27. The normalized spacial score (nSPS) is 14.8. The molecule has 192 valence electrons. The SMILES string of the molecule is CCOC(=O)Cc1csc(NC(=O)CSc2nnc([C@H](C)Oc3ccccc3)n2C2CCCCC2)n1. The van der Waals surface area contributed by atoms with Crippen LogP contribution >= 0.6 is 23.1 Å². The van der Waals surface area contributed by atoms with Crippen molar-refractivity contribution in [3.05, 3.63) is 47.2 Å². The molecule has 3 aromatic rings. The molecule has 0 saturated heterocycles. The Balaban J connectivity index is 1.41. The van der Waals surface area contributed by atoms with Crippen molar-refractivity contribution in [2.24, 2.45) is 0 Å². The number of benzene rings is 1. The van der Waals surface area contributed by atoms with Crippen LogP contribution in [0.2, 0.25) is 0 Å². The molecule has 0 radical (unpaired) electrons. The third-order valence-corrected chi connectivity index (χ3v) is 7.56. The van der Waals surface area contributed by atoms with E-state index < -0.39 is 0 Å². The number of nitrogens with one attached hydrogen (secondary N) is 1. The first-order valence-electron chi connectivity index (χ1n) is 12.2. The molecule has 0 aliphatic heterocycles. The van der Waals surface area contributed by atoms with E-state index in [1.165, 1.54) is 42.4 Å². The lowest BCUT2D eigenvalue weighted by Crippen LogP contribution is -2.20. The van der Waals surface area contributed by atoms with E-state index in [9.17, 15) is 9.59 Å². The van der Waals surface area contributed by atoms with Crippen molar-refractivity contribution in [3.63, 3.8) is 0 Å². The van der Waals surface area contributed by atoms with Crippen molar-refractivity contribution in [2.75, 3.05) is 17.7 Å². The lowest BCUT2D eigenvalue weighted by atomic mass is 9.95. The highest BCUT2D eigenvalue weighted by molar-refractivity contribution is 7.99. The minimum absolute atomic E-state index is 0.0888. The summed E-state index contributed by atoms with van der Waals surface area (Å²) in [6.45, 7) is 4.07. The maximum absolute atomic E-state index is 12.7. The topological polar surface area (TPSA) is 108 Å². The van der Waals surface area contributed by atoms with Crippen molar-refractivity contribution in [2.45, 2.75) is 69.7 Å². The van der Waals surface area contributed by atoms with Crippen LogP contribution in [0.1, 0.15) is 69.6 Å². The fourth-order valence-electron chi connectivity index (χ4n) is 4.19. The first kappa shape index (κ1) is 26.2. The number of anilines is 1. The average molecular weight is 530 g/mol. The van der Waals surface area contributed by atoms with E-state index in [1.807, 2.05) is 37.3 Å². The van der Waals surface area contributed by atoms with Gasteiger partial charge in [-0.15, -0.1) is 21.5 Å². The smallest absolute Gasteiger partial charge is 0.311 e. The van der Waals surface area contributed by atoms with E-state index in [0.717, 1.165) is 29.6 Å². The molecular weight excluding hydrogens is 498 g/mol. The number of para-hydroxylation sites is 1. The van der Waals surface area contributed by atoms with E-state index in [2.05, 4.69) is 25.1 Å². The molecule has 1 saturated carbocycles. The Bertz CT molecular complexity index is 1140. The molecule has 1 aromatic carbocycles. The van der Waals surface area contributed by atoms with Gasteiger partial charge in [-0.1, -0.05) is 49.2 Å². The Hall–Kier alpha value is -2.92. The Morgan fingerprint density at radius 1 is 1.19 bits per heavy atom. The van der Waals surface area contributed by atoms with Crippen molar-refractivity contribution in [3.8, 4) is 5.75 Å². The van der Waals surface area contributed by atoms with Crippen LogP contribution in [0.3, 0.4) is 0 Å². The van der Waals surface area contributed by atoms with Gasteiger partial charge in [0.2, 0.25) is 5.91 Å². The summed E-state index contributed by atoms with van der Waals surface area (Å²) in [5.41, 5.74) is 0.579. The highest BCUT2D eigenvalue weighted by Crippen LogP contribution is 2.35. The van der Waals surface area contributed by atoms with E-state index in [4.69, 9.17) is 9.47 Å². The largest absolute Gasteiger partial charge is 0.483 e. The summed E-state index contributed by atoms with van der Waals surface area (Å²) in [7, 11) is 0. The number of thiazole rings is 1. The minimum Gasteiger partial charge on any atom is -0.483 e. The number of rotatable bonds is 11. The summed E-state index contributed by atoms with van der Waals surface area (Å²) in [4.78, 5) is 28.6. The van der Waals surface area contributed by atoms with Crippen LogP contribution in [0.5, 0.6) is 5.75 Å². The number of carbonyl (C=O) groups excluding carboxylic acids is 2. The number of ether oxygens (including phenoxy) is 2. The second-order valence-electron chi connectivity index (χ2n) is 8.54. The lowest BCUT2D eigenvalue weighted by molar-refractivity contribution is -0.142. The summed E-state index contributed by atoms with van der Waals surface area (Å²) < 4.78 is 13.3. The number of carbonyl (C=O) groups is 2. The Morgan fingerprint density at radius 2 is 1.97 bits per heavy atom. The summed E-state index contributed by atoms with van der Waals surface area (Å²) in [6, 6.07) is 9.98. The van der Waals surface area contributed by atoms with Gasteiger partial charge in [0.05, 0.1) is 24.5 Å². The molecule has 1 aliphatic rings. The summed E-state index contributed by atoms with van der Waals surface area (Å²) in [5, 5.41) is 14.7. The number of hydrogen-bond donors (Lipinski definition) is 1. The van der Waals surface area contributed by atoms with Gasteiger partial charge in [-0.3, -0.25) is 14.2 Å². The van der Waals surface area contributed by atoms with Crippen molar-refractivity contribution < 1.29 is 19.1 Å². The highest BCUT2D eigenvalue weighted by atomic mass is 32.2. The second kappa shape index (κ2) is 12.9. The zero-order valence-electron chi connectivity index (χ0n) is 20.5. The van der Waals surface area contributed by atoms with Crippen LogP contribution in [0.4, 0.5) is 5.13 Å². The maximum atomic E-state index is 12.7. The second-order valence-corrected chi connectivity index (χ2v) is 10.3. The summed E-state index contributed by atoms with van der Waals surface area (Å²) >= 11 is 2.65. The molecule has 1 atom stereocenters. The minimum atomic E-state index is -0.334. The zero-order chi connectivity index (χ0) is 25.3. The first-order valence-corrected chi connectivity index (χ1v) is 14.1. The molecule has 2 aromatic heterocycles. The Kier molecular flexibility index (Phi) is 9.35. The maximum Gasteiger partial charge on any atom is 0.311 e. The van der Waals surface area contributed by atoms with Gasteiger partial charge in [0, 0.05) is 11.4 Å². The molecule has 11 heteroatoms. The molecular formula is C25H31N5O4S2. The van der Waals surface area contributed by atoms with Gasteiger partial charge in [-0.05, 0) is 38.8 Å². The van der Waals surface area contributed by atoms with E-state index >= 15 is 0 Å². The van der Waals surface area contributed by atoms with Crippen LogP contribution in [0.25, 0.3) is 0 Å². The predicted molar refractivity (Wildman–Crippen MR) is 139 cm³/mol. The van der Waals surface area contributed by atoms with Gasteiger partial charge >= 0.3 is 5.97 Å². The van der Waals surface area contributed by atoms with Crippen LogP contribution in [-0.4, -0.2) is 44.0 Å². The molecule has 2 heterocycles. The molecule has 9 nitrogen and oxygen atoms in total. The fraction of sp³-hybridized carbons (Fsp3) is 0.480. The van der Waals surface area contributed by atoms with Gasteiger partial charge in [0.1, 0.15) is 5.75 Å². The molecule has 0 unspecified atom stereocenters. The monoisotopic (exact) mass is 529 g/mol. The number of amides is 1. The van der Waals surface area contributed by atoms with Crippen molar-refractivity contribution >= 4 is 40.1 Å². The number of nitrogens with zero attached hydrogens (tertiary/aromatic N) is 4. The number of esters is 1. The van der Waals surface area contributed by atoms with Crippen molar-refractivity contribution in [1.82, 2.24) is 19.7 Å². The molecule has 0 spiro atoms. The quantitative estimate of drug-likeness (QED) is 0.266. The van der Waals surface area contributed by atoms with E-state index in [1.54, 1.807) is 12.3 Å². The molecule has 1 aliphatic carbocycles. The number of thioether (sulfide) groups is 1. The molecule has 1 amide bonds. The predicted octanol–water partition coefficient (Wildman–Crippen LogP) is 5.22. The third-order valence-electron chi connectivity index (χ3n) is 5.81. The zero-order valence-corrected chi connectivity index (χ0v) is 22.1. The number of aromatic nitrogens is 4. The van der Waals surface area contributed by atoms with Crippen molar-refractivity contribution in [1.29, 1.82) is 0 Å². The lowest BCUT2D eigenvalue weighted by Gasteiger charge is -2.27. The van der Waals surface area contributed by atoms with Gasteiger partial charge in [0.25, 0.3) is 0 Å². The fourth-order valence-corrected chi connectivity index (χ4v) is 5.73. The van der Waals surface area contributed by atoms with Crippen LogP contribution in [0, 0.1) is 0 Å². The summed E-state index contributed by atoms with van der Waals surface area (Å²) in [6.07, 6.45) is 5.50. The molecule has 4 rings (SSSR count). The van der Waals surface area contributed by atoms with Gasteiger partial charge in [-0.2, -0.15) is 0 Å². The third kappa shape index (κ3) is 7.07. The van der Waals surface area contributed by atoms with Crippen LogP contribution in [-0.2, 0) is 20.7 Å². The molecule has 36 heavy (non-hydrogen) atoms. The van der Waals surface area contributed by atoms with E-state index in [-0.39, 0.29) is 30.2 Å². The standard InChI is InChI=1S/C25H31N5O4S2/c1-3-33-22(32)14-18-15-35-24(26-18)27-21(31)16-36-25-29-28-23(30(25)19-10-6-4-7-11-19)17(2)34-20-12-8-5-9-13-20/h5,8-9,12-13,15,17,19H,3-4,6-7,10-11,14,16H2,1-2H3,(H,26,27,31)/t17-/m0/s1. The molecule has 1 fully saturated rings. The van der Waals surface area contributed by atoms with Crippen LogP contribution in [0.15, 0.2) is 40.9 Å². The number of hydrogen-bond acceptors (Lipinski definition) is 9. The Labute approximate surface area is 219 Å². The van der Waals surface area contributed by atoms with Crippen LogP contribution < -0.4 is 10.1 Å².